The molecule has 2 heterocycles. The molecule has 1 aromatic carbocycles. The summed E-state index contributed by atoms with van der Waals surface area (Å²) < 4.78 is 30.5. The molecule has 5 rings (SSSR count). The van der Waals surface area contributed by atoms with Crippen molar-refractivity contribution in [2.24, 2.45) is 0 Å². The van der Waals surface area contributed by atoms with E-state index in [1.54, 1.807) is 35.1 Å². The largest absolute Gasteiger partial charge is 0.268 e. The van der Waals surface area contributed by atoms with E-state index in [4.69, 9.17) is 0 Å². The van der Waals surface area contributed by atoms with Crippen LogP contribution in [-0.4, -0.2) is 29.2 Å². The third-order valence-corrected chi connectivity index (χ3v) is 7.78. The molecule has 3 aromatic rings. The Balaban J connectivity index is 1.31. The molecule has 1 saturated carbocycles. The van der Waals surface area contributed by atoms with E-state index in [0.717, 1.165) is 48.7 Å². The Morgan fingerprint density at radius 3 is 2.67 bits per heavy atom. The molecule has 156 valence electrons. The van der Waals surface area contributed by atoms with Crippen LogP contribution in [0.25, 0.3) is 10.9 Å². The number of pyridine rings is 1. The first-order valence-electron chi connectivity index (χ1n) is 10.5. The van der Waals surface area contributed by atoms with Gasteiger partial charge in [0.05, 0.1) is 17.3 Å². The Kier molecular flexibility index (Phi) is 4.91. The van der Waals surface area contributed by atoms with Crippen molar-refractivity contribution in [2.75, 3.05) is 0 Å². The first-order chi connectivity index (χ1) is 14.5. The fourth-order valence-electron chi connectivity index (χ4n) is 4.69. The Hall–Kier alpha value is -2.58. The van der Waals surface area contributed by atoms with Crippen LogP contribution >= 0.6 is 0 Å². The number of aromatic nitrogens is 3. The van der Waals surface area contributed by atoms with Crippen molar-refractivity contribution in [3.8, 4) is 0 Å². The predicted octanol–water partition coefficient (Wildman–Crippen LogP) is 2.74. The van der Waals surface area contributed by atoms with Crippen LogP contribution < -0.4 is 10.3 Å². The highest BCUT2D eigenvalue weighted by molar-refractivity contribution is 7.89. The number of para-hydroxylation sites is 1. The molecule has 8 heteroatoms. The number of aryl methyl sites for hydroxylation is 2. The summed E-state index contributed by atoms with van der Waals surface area (Å²) in [5.41, 5.74) is 2.57. The lowest BCUT2D eigenvalue weighted by atomic mass is 9.92. The highest BCUT2D eigenvalue weighted by Crippen LogP contribution is 2.29. The molecule has 0 spiro atoms. The van der Waals surface area contributed by atoms with Crippen molar-refractivity contribution in [3.05, 3.63) is 64.2 Å². The first-order valence-corrected chi connectivity index (χ1v) is 12.0. The lowest BCUT2D eigenvalue weighted by Gasteiger charge is -2.29. The average molecular weight is 425 g/mol. The second-order valence-corrected chi connectivity index (χ2v) is 9.89. The number of benzene rings is 1. The van der Waals surface area contributed by atoms with Crippen LogP contribution in [0.3, 0.4) is 0 Å². The Labute approximate surface area is 175 Å². The van der Waals surface area contributed by atoms with Crippen LogP contribution in [-0.2, 0) is 22.9 Å². The second-order valence-electron chi connectivity index (χ2n) is 8.21. The topological polar surface area (TPSA) is 94.0 Å². The standard InChI is InChI=1S/C22H24N4O3S/c27-21-14-16-5-1-7-19(16)24-26(21)18-11-9-17(10-12-18)25-30(28,29)20-8-2-4-15-6-3-13-23-22(15)20/h2-4,6,8,13-14,17-18,25H,1,5,7,9-12H2. The van der Waals surface area contributed by atoms with E-state index < -0.39 is 10.0 Å². The molecule has 7 nitrogen and oxygen atoms in total. The molecule has 0 saturated heterocycles. The van der Waals surface area contributed by atoms with E-state index >= 15 is 0 Å². The van der Waals surface area contributed by atoms with E-state index in [-0.39, 0.29) is 22.5 Å². The van der Waals surface area contributed by atoms with Crippen LogP contribution in [0.5, 0.6) is 0 Å². The van der Waals surface area contributed by atoms with Gasteiger partial charge in [-0.2, -0.15) is 5.10 Å². The lowest BCUT2D eigenvalue weighted by Crippen LogP contribution is -2.39. The molecule has 0 unspecified atom stereocenters. The van der Waals surface area contributed by atoms with Crippen LogP contribution in [0.2, 0.25) is 0 Å². The summed E-state index contributed by atoms with van der Waals surface area (Å²) in [5.74, 6) is 0. The minimum absolute atomic E-state index is 0.0309. The number of sulfonamides is 1. The number of nitrogens with one attached hydrogen (secondary N) is 1. The Bertz CT molecular complexity index is 1260. The van der Waals surface area contributed by atoms with Gasteiger partial charge in [0.15, 0.2) is 0 Å². The molecule has 0 bridgehead atoms. The molecule has 0 amide bonds. The van der Waals surface area contributed by atoms with Crippen LogP contribution in [0.15, 0.2) is 52.3 Å². The number of nitrogens with zero attached hydrogens (tertiary/aromatic N) is 3. The van der Waals surface area contributed by atoms with Crippen molar-refractivity contribution in [1.82, 2.24) is 19.5 Å². The van der Waals surface area contributed by atoms with Crippen molar-refractivity contribution >= 4 is 20.9 Å². The summed E-state index contributed by atoms with van der Waals surface area (Å²) in [7, 11) is -3.68. The summed E-state index contributed by atoms with van der Waals surface area (Å²) in [6.07, 6.45) is 7.34. The summed E-state index contributed by atoms with van der Waals surface area (Å²) in [6.45, 7) is 0. The molecule has 30 heavy (non-hydrogen) atoms. The molecule has 0 atom stereocenters. The zero-order valence-electron chi connectivity index (χ0n) is 16.6. The van der Waals surface area contributed by atoms with E-state index in [1.165, 1.54) is 0 Å². The van der Waals surface area contributed by atoms with Gasteiger partial charge in [-0.25, -0.2) is 17.8 Å². The van der Waals surface area contributed by atoms with Crippen molar-refractivity contribution in [2.45, 2.75) is 61.9 Å². The fourth-order valence-corrected chi connectivity index (χ4v) is 6.18. The zero-order valence-corrected chi connectivity index (χ0v) is 17.4. The van der Waals surface area contributed by atoms with Crippen LogP contribution in [0.1, 0.15) is 49.4 Å². The molecule has 2 aliphatic carbocycles. The van der Waals surface area contributed by atoms with Gasteiger partial charge in [-0.15, -0.1) is 0 Å². The highest BCUT2D eigenvalue weighted by atomic mass is 32.2. The normalized spacial score (nSPS) is 21.6. The van der Waals surface area contributed by atoms with Gasteiger partial charge in [-0.05, 0) is 62.6 Å². The summed E-state index contributed by atoms with van der Waals surface area (Å²) >= 11 is 0. The number of fused-ring (bicyclic) bond motifs is 2. The maximum Gasteiger partial charge on any atom is 0.267 e. The van der Waals surface area contributed by atoms with Crippen LogP contribution in [0, 0.1) is 0 Å². The number of hydrogen-bond donors (Lipinski definition) is 1. The van der Waals surface area contributed by atoms with Gasteiger partial charge in [-0.3, -0.25) is 9.78 Å². The van der Waals surface area contributed by atoms with E-state index in [0.29, 0.717) is 18.4 Å². The summed E-state index contributed by atoms with van der Waals surface area (Å²) in [4.78, 5) is 17.0. The van der Waals surface area contributed by atoms with Crippen molar-refractivity contribution in [1.29, 1.82) is 0 Å². The van der Waals surface area contributed by atoms with Gasteiger partial charge in [-0.1, -0.05) is 18.2 Å². The highest BCUT2D eigenvalue weighted by Gasteiger charge is 2.29. The van der Waals surface area contributed by atoms with Gasteiger partial charge in [0.25, 0.3) is 5.56 Å². The van der Waals surface area contributed by atoms with Gasteiger partial charge in [0.1, 0.15) is 4.90 Å². The van der Waals surface area contributed by atoms with Crippen molar-refractivity contribution in [3.63, 3.8) is 0 Å². The van der Waals surface area contributed by atoms with Gasteiger partial charge in [0, 0.05) is 23.7 Å². The number of rotatable bonds is 4. The Morgan fingerprint density at radius 1 is 1.03 bits per heavy atom. The first kappa shape index (κ1) is 19.4. The monoisotopic (exact) mass is 424 g/mol. The summed E-state index contributed by atoms with van der Waals surface area (Å²) in [5, 5.41) is 5.41. The molecular weight excluding hydrogens is 400 g/mol. The quantitative estimate of drug-likeness (QED) is 0.695. The minimum atomic E-state index is -3.68. The maximum atomic E-state index is 13.0. The molecule has 1 N–H and O–H groups in total. The van der Waals surface area contributed by atoms with E-state index in [9.17, 15) is 13.2 Å². The van der Waals surface area contributed by atoms with Gasteiger partial charge in [0.2, 0.25) is 10.0 Å². The second kappa shape index (κ2) is 7.59. The molecule has 2 aliphatic rings. The van der Waals surface area contributed by atoms with E-state index in [1.807, 2.05) is 12.1 Å². The van der Waals surface area contributed by atoms with Crippen LogP contribution in [0.4, 0.5) is 0 Å². The molecule has 1 fully saturated rings. The average Bonchev–Trinajstić information content (AvgIpc) is 3.20. The molecule has 0 radical (unpaired) electrons. The predicted molar refractivity (Wildman–Crippen MR) is 114 cm³/mol. The maximum absolute atomic E-state index is 13.0. The minimum Gasteiger partial charge on any atom is -0.268 e. The van der Waals surface area contributed by atoms with Crippen molar-refractivity contribution < 1.29 is 8.42 Å². The smallest absolute Gasteiger partial charge is 0.267 e. The molecule has 2 aromatic heterocycles. The summed E-state index contributed by atoms with van der Waals surface area (Å²) in [6, 6.07) is 10.4. The number of hydrogen-bond acceptors (Lipinski definition) is 5. The fraction of sp³-hybridized carbons (Fsp3) is 0.409. The lowest BCUT2D eigenvalue weighted by molar-refractivity contribution is 0.284. The third kappa shape index (κ3) is 3.54. The van der Waals surface area contributed by atoms with E-state index in [2.05, 4.69) is 14.8 Å². The third-order valence-electron chi connectivity index (χ3n) is 6.23. The zero-order chi connectivity index (χ0) is 20.7. The van der Waals surface area contributed by atoms with Gasteiger partial charge < -0.3 is 0 Å². The Morgan fingerprint density at radius 2 is 1.83 bits per heavy atom. The van der Waals surface area contributed by atoms with Gasteiger partial charge >= 0.3 is 0 Å². The SMILES string of the molecule is O=c1cc2c(nn1C1CCC(NS(=O)(=O)c3cccc4cccnc34)CC1)CCC2. The molecular formula is C22H24N4O3S. The molecule has 0 aliphatic heterocycles.